The maximum absolute atomic E-state index is 13.0. The van der Waals surface area contributed by atoms with Gasteiger partial charge in [0.05, 0.1) is 11.6 Å². The minimum absolute atomic E-state index is 0.0881. The largest absolute Gasteiger partial charge is 0.350 e. The summed E-state index contributed by atoms with van der Waals surface area (Å²) in [6.45, 7) is 1.79. The maximum atomic E-state index is 13.0. The lowest BCUT2D eigenvalue weighted by Gasteiger charge is -2.15. The lowest BCUT2D eigenvalue weighted by atomic mass is 10.1. The highest BCUT2D eigenvalue weighted by atomic mass is 19.1. The van der Waals surface area contributed by atoms with Gasteiger partial charge in [-0.25, -0.2) is 4.39 Å². The molecule has 0 saturated heterocycles. The summed E-state index contributed by atoms with van der Waals surface area (Å²) in [4.78, 5) is 25.1. The number of carbonyl (C=O) groups excluding carboxylic acids is 1. The van der Waals surface area contributed by atoms with Crippen molar-refractivity contribution in [1.29, 1.82) is 0 Å². The van der Waals surface area contributed by atoms with Crippen LogP contribution < -0.4 is 10.7 Å². The molecule has 1 aromatic heterocycles. The molecule has 122 valence electrons. The minimum Gasteiger partial charge on any atom is -0.350 e. The second-order valence-corrected chi connectivity index (χ2v) is 5.75. The highest BCUT2D eigenvalue weighted by molar-refractivity contribution is 5.97. The Bertz CT molecular complexity index is 961. The Morgan fingerprint density at radius 2 is 1.79 bits per heavy atom. The fourth-order valence-electron chi connectivity index (χ4n) is 2.71. The summed E-state index contributed by atoms with van der Waals surface area (Å²) in [5.74, 6) is -0.779. The molecule has 0 spiro atoms. The number of benzene rings is 2. The van der Waals surface area contributed by atoms with Crippen molar-refractivity contribution in [2.75, 3.05) is 0 Å². The fourth-order valence-corrected chi connectivity index (χ4v) is 2.71. The quantitative estimate of drug-likeness (QED) is 0.804. The molecule has 1 amide bonds. The Morgan fingerprint density at radius 1 is 1.12 bits per heavy atom. The third-order valence-corrected chi connectivity index (χ3v) is 4.06. The van der Waals surface area contributed by atoms with Gasteiger partial charge in [0.1, 0.15) is 11.4 Å². The maximum Gasteiger partial charge on any atom is 0.257 e. The van der Waals surface area contributed by atoms with Gasteiger partial charge >= 0.3 is 0 Å². The van der Waals surface area contributed by atoms with E-state index in [2.05, 4.69) is 5.32 Å². The molecule has 0 aliphatic carbocycles. The van der Waals surface area contributed by atoms with Crippen molar-refractivity contribution in [3.05, 3.63) is 81.9 Å². The first-order valence-corrected chi connectivity index (χ1v) is 7.62. The average molecular weight is 324 g/mol. The number of nitrogens with zero attached hydrogens (tertiary/aromatic N) is 1. The van der Waals surface area contributed by atoms with Crippen LogP contribution in [0.1, 0.15) is 28.9 Å². The first-order valence-electron chi connectivity index (χ1n) is 7.62. The predicted octanol–water partition coefficient (Wildman–Crippen LogP) is 3.17. The van der Waals surface area contributed by atoms with Crippen LogP contribution in [0, 0.1) is 5.82 Å². The summed E-state index contributed by atoms with van der Waals surface area (Å²) in [6.07, 6.45) is 1.54. The van der Waals surface area contributed by atoms with E-state index in [1.54, 1.807) is 42.8 Å². The Morgan fingerprint density at radius 3 is 2.50 bits per heavy atom. The van der Waals surface area contributed by atoms with Crippen LogP contribution in [-0.4, -0.2) is 10.5 Å². The van der Waals surface area contributed by atoms with Gasteiger partial charge in [-0.1, -0.05) is 24.3 Å². The van der Waals surface area contributed by atoms with Crippen LogP contribution in [0.5, 0.6) is 0 Å². The Balaban J connectivity index is 1.93. The van der Waals surface area contributed by atoms with Crippen LogP contribution in [0.4, 0.5) is 4.39 Å². The predicted molar refractivity (Wildman–Crippen MR) is 91.5 cm³/mol. The van der Waals surface area contributed by atoms with Gasteiger partial charge in [-0.3, -0.25) is 9.59 Å². The van der Waals surface area contributed by atoms with Crippen LogP contribution in [0.15, 0.2) is 59.5 Å². The molecule has 2 aromatic carbocycles. The molecule has 24 heavy (non-hydrogen) atoms. The number of para-hydroxylation sites is 1. The van der Waals surface area contributed by atoms with Crippen LogP contribution in [0.25, 0.3) is 10.9 Å². The van der Waals surface area contributed by atoms with Gasteiger partial charge in [-0.2, -0.15) is 0 Å². The number of aryl methyl sites for hydroxylation is 1. The number of hydrogen-bond acceptors (Lipinski definition) is 2. The van der Waals surface area contributed by atoms with Gasteiger partial charge in [0.25, 0.3) is 5.91 Å². The van der Waals surface area contributed by atoms with E-state index < -0.39 is 5.91 Å². The molecule has 0 fully saturated rings. The zero-order valence-corrected chi connectivity index (χ0v) is 13.4. The van der Waals surface area contributed by atoms with Gasteiger partial charge in [0, 0.05) is 18.6 Å². The summed E-state index contributed by atoms with van der Waals surface area (Å²) in [7, 11) is 1.79. The summed E-state index contributed by atoms with van der Waals surface area (Å²) < 4.78 is 14.7. The molecule has 1 atom stereocenters. The van der Waals surface area contributed by atoms with Crippen molar-refractivity contribution in [2.24, 2.45) is 7.05 Å². The van der Waals surface area contributed by atoms with Crippen molar-refractivity contribution in [2.45, 2.75) is 13.0 Å². The zero-order valence-electron chi connectivity index (χ0n) is 13.4. The lowest BCUT2D eigenvalue weighted by molar-refractivity contribution is 0.0938. The lowest BCUT2D eigenvalue weighted by Crippen LogP contribution is -2.31. The number of nitrogens with one attached hydrogen (secondary N) is 1. The molecule has 5 heteroatoms. The number of aromatic nitrogens is 1. The molecule has 1 heterocycles. The van der Waals surface area contributed by atoms with E-state index in [1.165, 1.54) is 18.3 Å². The summed E-state index contributed by atoms with van der Waals surface area (Å²) in [5.41, 5.74) is 1.32. The van der Waals surface area contributed by atoms with E-state index in [9.17, 15) is 14.0 Å². The smallest absolute Gasteiger partial charge is 0.257 e. The Hall–Kier alpha value is -2.95. The summed E-state index contributed by atoms with van der Waals surface area (Å²) in [6, 6.07) is 12.7. The van der Waals surface area contributed by atoms with E-state index in [0.717, 1.165) is 11.1 Å². The van der Waals surface area contributed by atoms with E-state index in [1.807, 2.05) is 12.1 Å². The zero-order chi connectivity index (χ0) is 17.3. The standard InChI is InChI=1S/C19H17FN2O2/c1-12(13-7-9-14(20)10-8-13)21-19(24)16-11-22(2)17-6-4-3-5-15(17)18(16)23/h3-12H,1-2H3,(H,21,24). The highest BCUT2D eigenvalue weighted by Crippen LogP contribution is 2.14. The highest BCUT2D eigenvalue weighted by Gasteiger charge is 2.17. The van der Waals surface area contributed by atoms with Crippen LogP contribution >= 0.6 is 0 Å². The number of fused-ring (bicyclic) bond motifs is 1. The Labute approximate surface area is 138 Å². The number of amides is 1. The molecule has 3 aromatic rings. The molecule has 0 radical (unpaired) electrons. The number of halogens is 1. The monoisotopic (exact) mass is 324 g/mol. The third kappa shape index (κ3) is 2.93. The van der Waals surface area contributed by atoms with Gasteiger partial charge in [-0.15, -0.1) is 0 Å². The molecule has 0 aliphatic rings. The summed E-state index contributed by atoms with van der Waals surface area (Å²) in [5, 5.41) is 3.29. The van der Waals surface area contributed by atoms with Crippen molar-refractivity contribution >= 4 is 16.8 Å². The van der Waals surface area contributed by atoms with Gasteiger partial charge in [0.2, 0.25) is 5.43 Å². The van der Waals surface area contributed by atoms with Crippen molar-refractivity contribution < 1.29 is 9.18 Å². The fraction of sp³-hybridized carbons (Fsp3) is 0.158. The molecule has 3 rings (SSSR count). The number of rotatable bonds is 3. The second kappa shape index (κ2) is 6.28. The second-order valence-electron chi connectivity index (χ2n) is 5.75. The molecule has 4 nitrogen and oxygen atoms in total. The van der Waals surface area contributed by atoms with Crippen molar-refractivity contribution in [1.82, 2.24) is 9.88 Å². The first-order chi connectivity index (χ1) is 11.5. The van der Waals surface area contributed by atoms with E-state index in [4.69, 9.17) is 0 Å². The molecular weight excluding hydrogens is 307 g/mol. The van der Waals surface area contributed by atoms with Gasteiger partial charge in [0.15, 0.2) is 0 Å². The average Bonchev–Trinajstić information content (AvgIpc) is 2.58. The van der Waals surface area contributed by atoms with Crippen LogP contribution in [0.3, 0.4) is 0 Å². The minimum atomic E-state index is -0.446. The number of hydrogen-bond donors (Lipinski definition) is 1. The van der Waals surface area contributed by atoms with E-state index in [-0.39, 0.29) is 22.9 Å². The number of carbonyl (C=O) groups is 1. The Kier molecular flexibility index (Phi) is 4.16. The first kappa shape index (κ1) is 15.9. The van der Waals surface area contributed by atoms with Crippen molar-refractivity contribution in [3.8, 4) is 0 Å². The molecule has 1 unspecified atom stereocenters. The van der Waals surface area contributed by atoms with Crippen LogP contribution in [-0.2, 0) is 7.05 Å². The van der Waals surface area contributed by atoms with E-state index in [0.29, 0.717) is 5.39 Å². The number of pyridine rings is 1. The molecule has 1 N–H and O–H groups in total. The molecular formula is C19H17FN2O2. The van der Waals surface area contributed by atoms with Gasteiger partial charge < -0.3 is 9.88 Å². The molecule has 0 aliphatic heterocycles. The molecule has 0 saturated carbocycles. The van der Waals surface area contributed by atoms with Gasteiger partial charge in [-0.05, 0) is 36.8 Å². The SMILES string of the molecule is CC(NC(=O)c1cn(C)c2ccccc2c1=O)c1ccc(F)cc1. The third-order valence-electron chi connectivity index (χ3n) is 4.06. The summed E-state index contributed by atoms with van der Waals surface area (Å²) >= 11 is 0. The van der Waals surface area contributed by atoms with E-state index >= 15 is 0 Å². The topological polar surface area (TPSA) is 51.1 Å². The normalized spacial score (nSPS) is 12.1. The van der Waals surface area contributed by atoms with Crippen LogP contribution in [0.2, 0.25) is 0 Å². The molecule has 0 bridgehead atoms. The van der Waals surface area contributed by atoms with Crippen molar-refractivity contribution in [3.63, 3.8) is 0 Å².